The fourth-order valence-corrected chi connectivity index (χ4v) is 13.2. The highest BCUT2D eigenvalue weighted by atomic mass is 15.0. The van der Waals surface area contributed by atoms with E-state index in [4.69, 9.17) is 9.97 Å². The zero-order chi connectivity index (χ0) is 55.1. The third kappa shape index (κ3) is 7.84. The Hall–Kier alpha value is -10.9. The Labute approximate surface area is 480 Å². The molecule has 4 heterocycles. The van der Waals surface area contributed by atoms with E-state index < -0.39 is 0 Å². The van der Waals surface area contributed by atoms with Crippen LogP contribution in [0.3, 0.4) is 0 Å². The van der Waals surface area contributed by atoms with Gasteiger partial charge in [0.25, 0.3) is 0 Å². The minimum Gasteiger partial charge on any atom is -0.309 e. The molecule has 0 unspecified atom stereocenters. The molecule has 0 aliphatic carbocycles. The summed E-state index contributed by atoms with van der Waals surface area (Å²) in [7, 11) is 0. The van der Waals surface area contributed by atoms with Crippen LogP contribution >= 0.6 is 0 Å². The first-order valence-corrected chi connectivity index (χ1v) is 28.5. The molecule has 4 aromatic heterocycles. The summed E-state index contributed by atoms with van der Waals surface area (Å²) in [6.45, 7) is 4.39. The van der Waals surface area contributed by atoms with Gasteiger partial charge in [-0.3, -0.25) is 0 Å². The summed E-state index contributed by atoms with van der Waals surface area (Å²) in [4.78, 5) is 11.2. The number of aromatic nitrogens is 5. The van der Waals surface area contributed by atoms with E-state index in [1.54, 1.807) is 0 Å². The molecule has 0 radical (unpaired) electrons. The van der Waals surface area contributed by atoms with Crippen molar-refractivity contribution < 1.29 is 0 Å². The van der Waals surface area contributed by atoms with Gasteiger partial charge < -0.3 is 13.7 Å². The summed E-state index contributed by atoms with van der Waals surface area (Å²) in [6.07, 6.45) is 0. The Morgan fingerprint density at radius 1 is 0.253 bits per heavy atom. The Morgan fingerprint density at radius 3 is 1.12 bits per heavy atom. The van der Waals surface area contributed by atoms with Gasteiger partial charge >= 0.3 is 0 Å². The lowest BCUT2D eigenvalue weighted by molar-refractivity contribution is 1.15. The first kappa shape index (κ1) is 48.1. The van der Waals surface area contributed by atoms with Gasteiger partial charge in [-0.05, 0) is 103 Å². The second-order valence-electron chi connectivity index (χ2n) is 21.8. The lowest BCUT2D eigenvalue weighted by Gasteiger charge is -2.24. The SMILES string of the molecule is Cc1ccc(-c2ccc3c(c2)c2ccccc2n3-c2c(-c3ccccc3-n3c4ccccc4c4ccccc43)cc(-c3nc(-c4ccccc4)cc(-c4ccccc4)n3)cc2-c2ccccc2-n2c3ccccc3c3ccccc32)c(C)c1. The van der Waals surface area contributed by atoms with E-state index in [1.165, 1.54) is 54.6 Å². The molecule has 0 saturated carbocycles. The maximum Gasteiger partial charge on any atom is 0.160 e. The Kier molecular flexibility index (Phi) is 11.3. The summed E-state index contributed by atoms with van der Waals surface area (Å²) in [5.41, 5.74) is 23.7. The van der Waals surface area contributed by atoms with Gasteiger partial charge in [0.05, 0.1) is 61.6 Å². The Bertz CT molecular complexity index is 4890. The number of para-hydroxylation sites is 7. The fraction of sp³-hybridized carbons (Fsp3) is 0.0256. The van der Waals surface area contributed by atoms with E-state index in [0.29, 0.717) is 5.82 Å². The van der Waals surface area contributed by atoms with Crippen LogP contribution < -0.4 is 0 Å². The summed E-state index contributed by atoms with van der Waals surface area (Å²) in [5, 5.41) is 7.16. The number of aryl methyl sites for hydroxylation is 2. The van der Waals surface area contributed by atoms with Gasteiger partial charge in [0.2, 0.25) is 0 Å². The fourth-order valence-electron chi connectivity index (χ4n) is 13.2. The first-order valence-electron chi connectivity index (χ1n) is 28.5. The third-order valence-corrected chi connectivity index (χ3v) is 16.9. The molecule has 0 N–H and O–H groups in total. The van der Waals surface area contributed by atoms with E-state index in [-0.39, 0.29) is 0 Å². The molecule has 0 atom stereocenters. The maximum atomic E-state index is 5.59. The van der Waals surface area contributed by atoms with E-state index >= 15 is 0 Å². The highest BCUT2D eigenvalue weighted by Crippen LogP contribution is 2.49. The summed E-state index contributed by atoms with van der Waals surface area (Å²) in [6, 6.07) is 104. The van der Waals surface area contributed by atoms with Gasteiger partial charge in [0.15, 0.2) is 5.82 Å². The Balaban J connectivity index is 1.09. The van der Waals surface area contributed by atoms with Crippen LogP contribution in [-0.2, 0) is 0 Å². The van der Waals surface area contributed by atoms with Crippen molar-refractivity contribution in [2.24, 2.45) is 0 Å². The highest BCUT2D eigenvalue weighted by Gasteiger charge is 2.28. The number of hydrogen-bond donors (Lipinski definition) is 0. The molecule has 16 aromatic rings. The predicted molar refractivity (Wildman–Crippen MR) is 347 cm³/mol. The second kappa shape index (κ2) is 19.4. The largest absolute Gasteiger partial charge is 0.309 e. The van der Waals surface area contributed by atoms with E-state index in [0.717, 1.165) is 100 Å². The molecule has 12 aromatic carbocycles. The van der Waals surface area contributed by atoms with Crippen LogP contribution in [0.1, 0.15) is 11.1 Å². The van der Waals surface area contributed by atoms with Crippen molar-refractivity contribution in [2.45, 2.75) is 13.8 Å². The average Bonchev–Trinajstić information content (AvgIpc) is 2.20. The lowest BCUT2D eigenvalue weighted by Crippen LogP contribution is -2.06. The molecule has 83 heavy (non-hydrogen) atoms. The van der Waals surface area contributed by atoms with Crippen LogP contribution in [0.5, 0.6) is 0 Å². The summed E-state index contributed by atoms with van der Waals surface area (Å²) in [5.74, 6) is 0.628. The van der Waals surface area contributed by atoms with Crippen molar-refractivity contribution in [1.82, 2.24) is 23.7 Å². The van der Waals surface area contributed by atoms with Crippen molar-refractivity contribution in [3.63, 3.8) is 0 Å². The number of fused-ring (bicyclic) bond motifs is 9. The summed E-state index contributed by atoms with van der Waals surface area (Å²) < 4.78 is 7.47. The number of benzene rings is 12. The van der Waals surface area contributed by atoms with Crippen LogP contribution in [0.4, 0.5) is 0 Å². The van der Waals surface area contributed by atoms with Crippen LogP contribution in [-0.4, -0.2) is 23.7 Å². The van der Waals surface area contributed by atoms with Gasteiger partial charge in [0, 0.05) is 71.3 Å². The van der Waals surface area contributed by atoms with Gasteiger partial charge in [0.1, 0.15) is 0 Å². The predicted octanol–water partition coefficient (Wildman–Crippen LogP) is 20.4. The quantitative estimate of drug-likeness (QED) is 0.145. The molecule has 0 saturated heterocycles. The van der Waals surface area contributed by atoms with Gasteiger partial charge in [-0.1, -0.05) is 218 Å². The first-order chi connectivity index (χ1) is 41.0. The van der Waals surface area contributed by atoms with Crippen LogP contribution in [0.2, 0.25) is 0 Å². The molecule has 16 rings (SSSR count). The van der Waals surface area contributed by atoms with Crippen molar-refractivity contribution in [3.8, 4) is 84.3 Å². The van der Waals surface area contributed by atoms with Crippen LogP contribution in [0.15, 0.2) is 285 Å². The molecule has 0 bridgehead atoms. The molecule has 0 aliphatic heterocycles. The van der Waals surface area contributed by atoms with Gasteiger partial charge in [-0.15, -0.1) is 0 Å². The van der Waals surface area contributed by atoms with Crippen molar-refractivity contribution in [1.29, 1.82) is 0 Å². The molecule has 5 heteroatoms. The Morgan fingerprint density at radius 2 is 0.651 bits per heavy atom. The average molecular weight is 1060 g/mol. The molecule has 0 aliphatic rings. The molecule has 0 spiro atoms. The van der Waals surface area contributed by atoms with Crippen molar-refractivity contribution in [3.05, 3.63) is 296 Å². The van der Waals surface area contributed by atoms with Crippen molar-refractivity contribution >= 4 is 65.4 Å². The zero-order valence-electron chi connectivity index (χ0n) is 45.9. The topological polar surface area (TPSA) is 40.6 Å². The highest BCUT2D eigenvalue weighted by molar-refractivity contribution is 6.14. The molecular weight excluding hydrogens is 1010 g/mol. The molecule has 0 fully saturated rings. The second-order valence-corrected chi connectivity index (χ2v) is 21.8. The third-order valence-electron chi connectivity index (χ3n) is 16.9. The number of hydrogen-bond acceptors (Lipinski definition) is 2. The number of nitrogens with zero attached hydrogens (tertiary/aromatic N) is 5. The van der Waals surface area contributed by atoms with Crippen molar-refractivity contribution in [2.75, 3.05) is 0 Å². The van der Waals surface area contributed by atoms with Gasteiger partial charge in [-0.25, -0.2) is 9.97 Å². The lowest BCUT2D eigenvalue weighted by atomic mass is 9.90. The van der Waals surface area contributed by atoms with E-state index in [9.17, 15) is 0 Å². The minimum absolute atomic E-state index is 0.628. The molecule has 390 valence electrons. The molecule has 5 nitrogen and oxygen atoms in total. The van der Waals surface area contributed by atoms with E-state index in [1.807, 2.05) is 0 Å². The van der Waals surface area contributed by atoms with Crippen LogP contribution in [0.25, 0.3) is 150 Å². The van der Waals surface area contributed by atoms with E-state index in [2.05, 4.69) is 313 Å². The normalized spacial score (nSPS) is 11.7. The zero-order valence-corrected chi connectivity index (χ0v) is 45.9. The van der Waals surface area contributed by atoms with Gasteiger partial charge in [-0.2, -0.15) is 0 Å². The molecule has 0 amide bonds. The van der Waals surface area contributed by atoms with Crippen LogP contribution in [0, 0.1) is 13.8 Å². The molecular formula is C78H53N5. The smallest absolute Gasteiger partial charge is 0.160 e. The minimum atomic E-state index is 0.628. The monoisotopic (exact) mass is 1060 g/mol. The standard InChI is InChI=1S/C78H53N5/c1-50-41-43-56(51(2)45-50)54-42-44-76-64(46-54)61-31-13-22-40-75(61)83(76)77-65(62-32-14-20-38-73(62)81-69-34-16-9-27-57(69)58-28-10-17-35-70(58)81)47-55(78-79-67(52-23-5-3-6-24-52)49-68(80-78)53-25-7-4-8-26-53)48-66(77)63-33-15-21-39-74(63)82-71-36-18-11-29-59(71)60-30-12-19-37-72(60)82/h3-49H,1-2H3. The summed E-state index contributed by atoms with van der Waals surface area (Å²) >= 11 is 0. The maximum absolute atomic E-state index is 5.59. The number of rotatable bonds is 9.